The number of hydrogen-bond acceptors (Lipinski definition) is 4. The van der Waals surface area contributed by atoms with Crippen molar-refractivity contribution in [2.45, 2.75) is 20.1 Å². The van der Waals surface area contributed by atoms with Crippen LogP contribution in [0.5, 0.6) is 0 Å². The van der Waals surface area contributed by atoms with E-state index in [0.29, 0.717) is 18.9 Å². The molecule has 4 rings (SSSR count). The summed E-state index contributed by atoms with van der Waals surface area (Å²) >= 11 is 0. The standard InChI is InChI=1S/C18H22N4O2/c1-14-2-4-15(5-3-14)20-6-8-21(9-7-20)18(23)16-12-22-10-11-24-13-17(22)19-16/h2-5,12H,6-11,13H2,1H3. The number of nitrogens with zero attached hydrogens (tertiary/aromatic N) is 4. The summed E-state index contributed by atoms with van der Waals surface area (Å²) in [6.45, 7) is 7.21. The number of benzene rings is 1. The molecule has 0 atom stereocenters. The zero-order valence-electron chi connectivity index (χ0n) is 13.9. The molecular formula is C18H22N4O2. The number of carbonyl (C=O) groups is 1. The van der Waals surface area contributed by atoms with Crippen molar-refractivity contribution in [2.75, 3.05) is 37.7 Å². The van der Waals surface area contributed by atoms with Gasteiger partial charge in [0, 0.05) is 44.6 Å². The lowest BCUT2D eigenvalue weighted by Gasteiger charge is -2.35. The number of aromatic nitrogens is 2. The summed E-state index contributed by atoms with van der Waals surface area (Å²) in [5, 5.41) is 0. The maximum Gasteiger partial charge on any atom is 0.274 e. The van der Waals surface area contributed by atoms with Gasteiger partial charge in [0.05, 0.1) is 6.61 Å². The Labute approximate surface area is 141 Å². The molecule has 1 fully saturated rings. The van der Waals surface area contributed by atoms with Crippen LogP contribution in [0.2, 0.25) is 0 Å². The molecular weight excluding hydrogens is 304 g/mol. The van der Waals surface area contributed by atoms with E-state index in [9.17, 15) is 4.79 Å². The second kappa shape index (κ2) is 6.28. The van der Waals surface area contributed by atoms with Crippen molar-refractivity contribution >= 4 is 11.6 Å². The number of imidazole rings is 1. The average molecular weight is 326 g/mol. The number of piperazine rings is 1. The van der Waals surface area contributed by atoms with Crippen LogP contribution in [0.15, 0.2) is 30.5 Å². The maximum atomic E-state index is 12.7. The van der Waals surface area contributed by atoms with Gasteiger partial charge in [-0.1, -0.05) is 17.7 Å². The fraction of sp³-hybridized carbons (Fsp3) is 0.444. The zero-order chi connectivity index (χ0) is 16.5. The van der Waals surface area contributed by atoms with Gasteiger partial charge in [-0.15, -0.1) is 0 Å². The van der Waals surface area contributed by atoms with Crippen molar-refractivity contribution < 1.29 is 9.53 Å². The van der Waals surface area contributed by atoms with E-state index in [1.165, 1.54) is 11.3 Å². The number of anilines is 1. The van der Waals surface area contributed by atoms with E-state index >= 15 is 0 Å². The van der Waals surface area contributed by atoms with Crippen molar-refractivity contribution in [2.24, 2.45) is 0 Å². The lowest BCUT2D eigenvalue weighted by molar-refractivity contribution is 0.0740. The van der Waals surface area contributed by atoms with Crippen LogP contribution in [0.25, 0.3) is 0 Å². The Hall–Kier alpha value is -2.34. The minimum Gasteiger partial charge on any atom is -0.372 e. The van der Waals surface area contributed by atoms with E-state index in [1.807, 2.05) is 15.7 Å². The summed E-state index contributed by atoms with van der Waals surface area (Å²) in [6, 6.07) is 8.56. The largest absolute Gasteiger partial charge is 0.372 e. The monoisotopic (exact) mass is 326 g/mol. The fourth-order valence-corrected chi connectivity index (χ4v) is 3.28. The van der Waals surface area contributed by atoms with Crippen LogP contribution in [-0.4, -0.2) is 53.1 Å². The molecule has 2 aliphatic rings. The van der Waals surface area contributed by atoms with Gasteiger partial charge in [-0.3, -0.25) is 4.79 Å². The molecule has 126 valence electrons. The van der Waals surface area contributed by atoms with E-state index in [2.05, 4.69) is 41.1 Å². The van der Waals surface area contributed by atoms with Gasteiger partial charge in [-0.25, -0.2) is 4.98 Å². The number of amides is 1. The molecule has 0 spiro atoms. The number of carbonyl (C=O) groups excluding carboxylic acids is 1. The van der Waals surface area contributed by atoms with Crippen LogP contribution in [-0.2, 0) is 17.9 Å². The molecule has 6 heteroatoms. The smallest absolute Gasteiger partial charge is 0.274 e. The van der Waals surface area contributed by atoms with Crippen LogP contribution < -0.4 is 4.90 Å². The Kier molecular flexibility index (Phi) is 3.98. The van der Waals surface area contributed by atoms with Gasteiger partial charge >= 0.3 is 0 Å². The Morgan fingerprint density at radius 2 is 1.83 bits per heavy atom. The van der Waals surface area contributed by atoms with Gasteiger partial charge in [0.15, 0.2) is 0 Å². The van der Waals surface area contributed by atoms with Crippen molar-refractivity contribution in [3.05, 3.63) is 47.5 Å². The third kappa shape index (κ3) is 2.89. The Bertz CT molecular complexity index is 706. The summed E-state index contributed by atoms with van der Waals surface area (Å²) in [5.74, 6) is 0.878. The highest BCUT2D eigenvalue weighted by Crippen LogP contribution is 2.18. The van der Waals surface area contributed by atoms with Gasteiger partial charge in [0.1, 0.15) is 18.1 Å². The van der Waals surface area contributed by atoms with Gasteiger partial charge < -0.3 is 19.1 Å². The molecule has 0 saturated carbocycles. The number of aryl methyl sites for hydroxylation is 1. The normalized spacial score (nSPS) is 17.7. The maximum absolute atomic E-state index is 12.7. The number of rotatable bonds is 2. The molecule has 1 aromatic carbocycles. The third-order valence-electron chi connectivity index (χ3n) is 4.75. The highest BCUT2D eigenvalue weighted by atomic mass is 16.5. The zero-order valence-corrected chi connectivity index (χ0v) is 13.9. The van der Waals surface area contributed by atoms with E-state index in [1.54, 1.807) is 0 Å². The first kappa shape index (κ1) is 15.2. The molecule has 2 aromatic rings. The Balaban J connectivity index is 1.41. The van der Waals surface area contributed by atoms with Crippen LogP contribution >= 0.6 is 0 Å². The Morgan fingerprint density at radius 1 is 1.08 bits per heavy atom. The lowest BCUT2D eigenvalue weighted by Crippen LogP contribution is -2.48. The van der Waals surface area contributed by atoms with E-state index < -0.39 is 0 Å². The SMILES string of the molecule is Cc1ccc(N2CCN(C(=O)c3cn4c(n3)COCC4)CC2)cc1. The summed E-state index contributed by atoms with van der Waals surface area (Å²) in [7, 11) is 0. The predicted molar refractivity (Wildman–Crippen MR) is 91.2 cm³/mol. The molecule has 3 heterocycles. The number of ether oxygens (including phenoxy) is 1. The summed E-state index contributed by atoms with van der Waals surface area (Å²) < 4.78 is 7.42. The molecule has 24 heavy (non-hydrogen) atoms. The highest BCUT2D eigenvalue weighted by molar-refractivity contribution is 5.92. The van der Waals surface area contributed by atoms with Crippen molar-refractivity contribution in [3.63, 3.8) is 0 Å². The first-order valence-electron chi connectivity index (χ1n) is 8.45. The van der Waals surface area contributed by atoms with Gasteiger partial charge in [-0.2, -0.15) is 0 Å². The molecule has 0 N–H and O–H groups in total. The highest BCUT2D eigenvalue weighted by Gasteiger charge is 2.25. The Morgan fingerprint density at radius 3 is 2.54 bits per heavy atom. The van der Waals surface area contributed by atoms with Gasteiger partial charge in [0.25, 0.3) is 5.91 Å². The molecule has 0 radical (unpaired) electrons. The van der Waals surface area contributed by atoms with Crippen LogP contribution in [0.1, 0.15) is 21.9 Å². The molecule has 6 nitrogen and oxygen atoms in total. The third-order valence-corrected chi connectivity index (χ3v) is 4.75. The first-order chi connectivity index (χ1) is 11.7. The quantitative estimate of drug-likeness (QED) is 0.843. The minimum atomic E-state index is 0.0282. The molecule has 1 saturated heterocycles. The second-order valence-corrected chi connectivity index (χ2v) is 6.40. The second-order valence-electron chi connectivity index (χ2n) is 6.40. The molecule has 2 aliphatic heterocycles. The minimum absolute atomic E-state index is 0.0282. The van der Waals surface area contributed by atoms with E-state index in [-0.39, 0.29) is 5.91 Å². The van der Waals surface area contributed by atoms with Crippen LogP contribution in [0.3, 0.4) is 0 Å². The fourth-order valence-electron chi connectivity index (χ4n) is 3.28. The molecule has 1 aromatic heterocycles. The van der Waals surface area contributed by atoms with E-state index in [4.69, 9.17) is 4.74 Å². The predicted octanol–water partition coefficient (Wildman–Crippen LogP) is 1.68. The van der Waals surface area contributed by atoms with Crippen molar-refractivity contribution in [1.82, 2.24) is 14.5 Å². The number of hydrogen-bond donors (Lipinski definition) is 0. The molecule has 1 amide bonds. The molecule has 0 bridgehead atoms. The van der Waals surface area contributed by atoms with Crippen molar-refractivity contribution in [3.8, 4) is 0 Å². The molecule has 0 unspecified atom stereocenters. The summed E-state index contributed by atoms with van der Waals surface area (Å²) in [6.07, 6.45) is 1.87. The number of fused-ring (bicyclic) bond motifs is 1. The van der Waals surface area contributed by atoms with Crippen molar-refractivity contribution in [1.29, 1.82) is 0 Å². The summed E-state index contributed by atoms with van der Waals surface area (Å²) in [5.41, 5.74) is 3.03. The van der Waals surface area contributed by atoms with Crippen LogP contribution in [0, 0.1) is 6.92 Å². The summed E-state index contributed by atoms with van der Waals surface area (Å²) in [4.78, 5) is 21.4. The first-order valence-corrected chi connectivity index (χ1v) is 8.45. The van der Waals surface area contributed by atoms with Gasteiger partial charge in [0.2, 0.25) is 0 Å². The topological polar surface area (TPSA) is 50.6 Å². The average Bonchev–Trinajstić information content (AvgIpc) is 3.06. The van der Waals surface area contributed by atoms with E-state index in [0.717, 1.165) is 38.5 Å². The van der Waals surface area contributed by atoms with Crippen LogP contribution in [0.4, 0.5) is 5.69 Å². The lowest BCUT2D eigenvalue weighted by atomic mass is 10.2. The van der Waals surface area contributed by atoms with Gasteiger partial charge in [-0.05, 0) is 19.1 Å². The molecule has 0 aliphatic carbocycles.